The number of ether oxygens (including phenoxy) is 1. The van der Waals surface area contributed by atoms with Crippen molar-refractivity contribution in [1.29, 1.82) is 0 Å². The molecule has 0 spiro atoms. The summed E-state index contributed by atoms with van der Waals surface area (Å²) < 4.78 is 5.39. The normalized spacial score (nSPS) is 16.5. The Morgan fingerprint density at radius 3 is 2.41 bits per heavy atom. The Morgan fingerprint density at radius 2 is 1.78 bits per heavy atom. The summed E-state index contributed by atoms with van der Waals surface area (Å²) in [5.41, 5.74) is 1.27. The molecule has 37 heavy (non-hydrogen) atoms. The highest BCUT2D eigenvalue weighted by atomic mass is 16.6. The van der Waals surface area contributed by atoms with E-state index in [0.717, 1.165) is 11.3 Å². The molecule has 1 aliphatic heterocycles. The predicted octanol–water partition coefficient (Wildman–Crippen LogP) is 3.85. The van der Waals surface area contributed by atoms with Gasteiger partial charge in [0.25, 0.3) is 5.91 Å². The average molecular weight is 510 g/mol. The molecule has 3 atom stereocenters. The molecule has 1 aromatic carbocycles. The van der Waals surface area contributed by atoms with Crippen LogP contribution in [0.5, 0.6) is 0 Å². The van der Waals surface area contributed by atoms with Crippen molar-refractivity contribution in [2.24, 2.45) is 5.92 Å². The van der Waals surface area contributed by atoms with E-state index in [9.17, 15) is 14.4 Å². The van der Waals surface area contributed by atoms with Crippen LogP contribution in [0.3, 0.4) is 0 Å². The number of pyridine rings is 1. The van der Waals surface area contributed by atoms with E-state index in [1.165, 1.54) is 11.9 Å². The average Bonchev–Trinajstić information content (AvgIpc) is 3.22. The van der Waals surface area contributed by atoms with Crippen LogP contribution in [0.1, 0.15) is 47.1 Å². The second-order valence-corrected chi connectivity index (χ2v) is 10.8. The largest absolute Gasteiger partial charge is 0.444 e. The Hall–Kier alpha value is -3.62. The Bertz CT molecular complexity index is 1100. The van der Waals surface area contributed by atoms with E-state index in [1.807, 2.05) is 56.3 Å². The number of likely N-dealkylation sites (N-methyl/N-ethyl adjacent to an activating group) is 1. The number of hydrogen-bond acceptors (Lipinski definition) is 6. The summed E-state index contributed by atoms with van der Waals surface area (Å²) in [5.74, 6) is -0.232. The van der Waals surface area contributed by atoms with E-state index < -0.39 is 29.7 Å². The number of nitrogens with one attached hydrogen (secondary N) is 2. The van der Waals surface area contributed by atoms with Crippen molar-refractivity contribution in [3.05, 3.63) is 54.2 Å². The maximum atomic E-state index is 14.0. The van der Waals surface area contributed by atoms with E-state index in [1.54, 1.807) is 38.8 Å². The summed E-state index contributed by atoms with van der Waals surface area (Å²) in [6.07, 6.45) is 1.73. The van der Waals surface area contributed by atoms with Gasteiger partial charge in [-0.05, 0) is 63.8 Å². The van der Waals surface area contributed by atoms with Crippen LogP contribution >= 0.6 is 0 Å². The van der Waals surface area contributed by atoms with Crippen molar-refractivity contribution in [3.63, 3.8) is 0 Å². The third kappa shape index (κ3) is 6.99. The molecule has 0 unspecified atom stereocenters. The third-order valence-corrected chi connectivity index (χ3v) is 6.34. The van der Waals surface area contributed by atoms with Crippen LogP contribution in [0.25, 0.3) is 0 Å². The number of para-hydroxylation sites is 1. The SMILES string of the molecule is CC(C)[C@H](NC(=O)[C@H](C)N(C)C(=O)OC(C)(C)C)C(=O)N1c2ncccc2C[C@H]1CNc1ccccc1. The fourth-order valence-corrected chi connectivity index (χ4v) is 4.17. The van der Waals surface area contributed by atoms with Crippen molar-refractivity contribution >= 4 is 29.4 Å². The quantitative estimate of drug-likeness (QED) is 0.560. The summed E-state index contributed by atoms with van der Waals surface area (Å²) in [4.78, 5) is 47.0. The number of aromatic nitrogens is 1. The van der Waals surface area contributed by atoms with E-state index in [2.05, 4.69) is 15.6 Å². The zero-order valence-electron chi connectivity index (χ0n) is 22.8. The van der Waals surface area contributed by atoms with Crippen LogP contribution in [0.15, 0.2) is 48.7 Å². The molecule has 0 bridgehead atoms. The van der Waals surface area contributed by atoms with Gasteiger partial charge < -0.3 is 15.4 Å². The molecule has 0 aliphatic carbocycles. The molecule has 2 aromatic rings. The number of anilines is 2. The maximum Gasteiger partial charge on any atom is 0.410 e. The zero-order chi connectivity index (χ0) is 27.3. The molecule has 9 heteroatoms. The van der Waals surface area contributed by atoms with Gasteiger partial charge in [0.15, 0.2) is 0 Å². The summed E-state index contributed by atoms with van der Waals surface area (Å²) in [7, 11) is 1.51. The molecule has 0 saturated carbocycles. The first-order valence-electron chi connectivity index (χ1n) is 12.7. The topological polar surface area (TPSA) is 104 Å². The van der Waals surface area contributed by atoms with Crippen LogP contribution < -0.4 is 15.5 Å². The van der Waals surface area contributed by atoms with Crippen molar-refractivity contribution in [3.8, 4) is 0 Å². The van der Waals surface area contributed by atoms with Gasteiger partial charge in [-0.2, -0.15) is 0 Å². The highest BCUT2D eigenvalue weighted by Gasteiger charge is 2.40. The van der Waals surface area contributed by atoms with Gasteiger partial charge >= 0.3 is 6.09 Å². The third-order valence-electron chi connectivity index (χ3n) is 6.34. The summed E-state index contributed by atoms with van der Waals surface area (Å²) in [6, 6.07) is 11.9. The standard InChI is InChI=1S/C28H39N5O4/c1-18(2)23(31-25(34)19(3)32(7)27(36)37-28(4,5)6)26(35)33-22(16-20-12-11-15-29-24(20)33)17-30-21-13-9-8-10-14-21/h8-15,18-19,22-23,30H,16-17H2,1-7H3,(H,31,34)/t19-,22-,23-/m0/s1. The van der Waals surface area contributed by atoms with Crippen LogP contribution in [0, 0.1) is 5.92 Å². The summed E-state index contributed by atoms with van der Waals surface area (Å²) in [6.45, 7) is 11.2. The minimum Gasteiger partial charge on any atom is -0.444 e. The molecular weight excluding hydrogens is 470 g/mol. The van der Waals surface area contributed by atoms with E-state index in [4.69, 9.17) is 4.74 Å². The lowest BCUT2D eigenvalue weighted by molar-refractivity contribution is -0.131. The number of carbonyl (C=O) groups excluding carboxylic acids is 3. The molecule has 0 radical (unpaired) electrons. The second kappa shape index (κ2) is 11.6. The van der Waals surface area contributed by atoms with E-state index in [-0.39, 0.29) is 17.9 Å². The molecule has 2 N–H and O–H groups in total. The number of rotatable bonds is 8. The molecule has 0 fully saturated rings. The number of fused-ring (bicyclic) bond motifs is 1. The number of hydrogen-bond donors (Lipinski definition) is 2. The maximum absolute atomic E-state index is 14.0. The van der Waals surface area contributed by atoms with Crippen molar-refractivity contribution in [2.45, 2.75) is 71.7 Å². The van der Waals surface area contributed by atoms with Crippen molar-refractivity contribution in [2.75, 3.05) is 23.8 Å². The Balaban J connectivity index is 1.77. The van der Waals surface area contributed by atoms with Gasteiger partial charge in [-0.1, -0.05) is 38.1 Å². The molecule has 9 nitrogen and oxygen atoms in total. The van der Waals surface area contributed by atoms with Gasteiger partial charge in [-0.15, -0.1) is 0 Å². The molecule has 200 valence electrons. The van der Waals surface area contributed by atoms with Crippen LogP contribution in [-0.4, -0.2) is 65.1 Å². The highest BCUT2D eigenvalue weighted by molar-refractivity contribution is 6.01. The molecule has 3 rings (SSSR count). The molecule has 2 heterocycles. The lowest BCUT2D eigenvalue weighted by atomic mass is 10.0. The molecule has 3 amide bonds. The second-order valence-electron chi connectivity index (χ2n) is 10.8. The van der Waals surface area contributed by atoms with Gasteiger partial charge in [0.1, 0.15) is 23.5 Å². The van der Waals surface area contributed by atoms with E-state index in [0.29, 0.717) is 18.8 Å². The van der Waals surface area contributed by atoms with Gasteiger partial charge in [0, 0.05) is 25.5 Å². The zero-order valence-corrected chi connectivity index (χ0v) is 22.8. The van der Waals surface area contributed by atoms with Crippen LogP contribution in [0.4, 0.5) is 16.3 Å². The molecule has 1 aromatic heterocycles. The van der Waals surface area contributed by atoms with E-state index >= 15 is 0 Å². The van der Waals surface area contributed by atoms with Crippen molar-refractivity contribution < 1.29 is 19.1 Å². The number of nitrogens with zero attached hydrogens (tertiary/aromatic N) is 3. The smallest absolute Gasteiger partial charge is 0.410 e. The summed E-state index contributed by atoms with van der Waals surface area (Å²) in [5, 5.41) is 6.30. The first-order chi connectivity index (χ1) is 17.4. The van der Waals surface area contributed by atoms with Gasteiger partial charge in [0.05, 0.1) is 6.04 Å². The Labute approximate surface area is 219 Å². The van der Waals surface area contributed by atoms with Gasteiger partial charge in [-0.3, -0.25) is 19.4 Å². The minimum absolute atomic E-state index is 0.169. The first kappa shape index (κ1) is 28.0. The molecular formula is C28H39N5O4. The molecule has 1 aliphatic rings. The number of amides is 3. The van der Waals surface area contributed by atoms with Gasteiger partial charge in [-0.25, -0.2) is 9.78 Å². The lowest BCUT2D eigenvalue weighted by Crippen LogP contribution is -2.57. The number of carbonyl (C=O) groups is 3. The van der Waals surface area contributed by atoms with Gasteiger partial charge in [0.2, 0.25) is 5.91 Å². The fraction of sp³-hybridized carbons (Fsp3) is 0.500. The lowest BCUT2D eigenvalue weighted by Gasteiger charge is -2.33. The van der Waals surface area contributed by atoms with Crippen molar-refractivity contribution in [1.82, 2.24) is 15.2 Å². The minimum atomic E-state index is -0.830. The predicted molar refractivity (Wildman–Crippen MR) is 144 cm³/mol. The molecule has 0 saturated heterocycles. The number of benzene rings is 1. The summed E-state index contributed by atoms with van der Waals surface area (Å²) >= 11 is 0. The highest BCUT2D eigenvalue weighted by Crippen LogP contribution is 2.31. The monoisotopic (exact) mass is 509 g/mol. The van der Waals surface area contributed by atoms with Crippen LogP contribution in [-0.2, 0) is 20.7 Å². The fourth-order valence-electron chi connectivity index (χ4n) is 4.17. The first-order valence-corrected chi connectivity index (χ1v) is 12.7. The van der Waals surface area contributed by atoms with Crippen LogP contribution in [0.2, 0.25) is 0 Å². The Kier molecular flexibility index (Phi) is 8.78. The Morgan fingerprint density at radius 1 is 1.11 bits per heavy atom.